The monoisotopic (exact) mass is 363 g/mol. The normalized spacial score (nSPS) is 15.8. The van der Waals surface area contributed by atoms with Gasteiger partial charge < -0.3 is 4.74 Å². The van der Waals surface area contributed by atoms with Crippen molar-refractivity contribution in [3.63, 3.8) is 0 Å². The molecule has 0 aliphatic carbocycles. The molecule has 0 radical (unpaired) electrons. The molecule has 3 rings (SSSR count). The van der Waals surface area contributed by atoms with Gasteiger partial charge in [-0.3, -0.25) is 14.9 Å². The third-order valence-electron chi connectivity index (χ3n) is 4.36. The fraction of sp³-hybridized carbons (Fsp3) is 0.227. The molecule has 0 aromatic heterocycles. The molecule has 1 aliphatic rings. The van der Waals surface area contributed by atoms with E-state index in [4.69, 9.17) is 4.74 Å². The number of carbonyl (C=O) groups is 1. The average molecular weight is 363 g/mol. The van der Waals surface area contributed by atoms with E-state index < -0.39 is 16.7 Å². The lowest BCUT2D eigenvalue weighted by atomic mass is 9.99. The molecular weight excluding hydrogens is 342 g/mol. The summed E-state index contributed by atoms with van der Waals surface area (Å²) >= 11 is 0. The second kappa shape index (κ2) is 7.58. The van der Waals surface area contributed by atoms with Crippen LogP contribution in [0.2, 0.25) is 0 Å². The Hall–Kier alpha value is -3.21. The second-order valence-electron chi connectivity index (χ2n) is 7.01. The van der Waals surface area contributed by atoms with E-state index in [-0.39, 0.29) is 12.0 Å². The topological polar surface area (TPSA) is 69.4 Å². The highest BCUT2D eigenvalue weighted by Gasteiger charge is 2.29. The van der Waals surface area contributed by atoms with Crippen molar-refractivity contribution in [2.45, 2.75) is 31.9 Å². The lowest BCUT2D eigenvalue weighted by Crippen LogP contribution is -2.29. The van der Waals surface area contributed by atoms with Crippen molar-refractivity contribution >= 4 is 17.9 Å². The summed E-state index contributed by atoms with van der Waals surface area (Å²) in [6.45, 7) is 3.98. The van der Waals surface area contributed by atoms with Gasteiger partial charge >= 0.3 is 0 Å². The first-order valence-electron chi connectivity index (χ1n) is 8.77. The Morgan fingerprint density at radius 1 is 1.22 bits per heavy atom. The Balaban J connectivity index is 1.72. The lowest BCUT2D eigenvalue weighted by Gasteiger charge is -2.27. The molecule has 138 valence electrons. The van der Waals surface area contributed by atoms with Gasteiger partial charge in [-0.1, -0.05) is 54.6 Å². The molecule has 1 unspecified atom stereocenters. The first kappa shape index (κ1) is 18.6. The largest absolute Gasteiger partial charge is 0.483 e. The molecule has 5 heteroatoms. The molecule has 2 aromatic rings. The van der Waals surface area contributed by atoms with E-state index in [0.29, 0.717) is 5.56 Å². The summed E-state index contributed by atoms with van der Waals surface area (Å²) in [6, 6.07) is 12.8. The predicted molar refractivity (Wildman–Crippen MR) is 105 cm³/mol. The molecule has 2 aromatic carbocycles. The van der Waals surface area contributed by atoms with Crippen LogP contribution < -0.4 is 4.74 Å². The average Bonchev–Trinajstić information content (AvgIpc) is 2.64. The first-order valence-corrected chi connectivity index (χ1v) is 8.77. The maximum Gasteiger partial charge on any atom is 0.278 e. The molecule has 0 saturated heterocycles. The Morgan fingerprint density at radius 3 is 2.67 bits per heavy atom. The van der Waals surface area contributed by atoms with Gasteiger partial charge in [0.05, 0.1) is 0 Å². The van der Waals surface area contributed by atoms with Crippen LogP contribution in [0.25, 0.3) is 12.2 Å². The van der Waals surface area contributed by atoms with Crippen LogP contribution in [-0.2, 0) is 0 Å². The third kappa shape index (κ3) is 4.50. The van der Waals surface area contributed by atoms with E-state index in [1.165, 1.54) is 0 Å². The van der Waals surface area contributed by atoms with Crippen LogP contribution in [0.5, 0.6) is 5.75 Å². The highest BCUT2D eigenvalue weighted by Crippen LogP contribution is 2.31. The van der Waals surface area contributed by atoms with Gasteiger partial charge in [0.15, 0.2) is 0 Å². The number of ether oxygens (including phenoxy) is 1. The van der Waals surface area contributed by atoms with E-state index in [2.05, 4.69) is 0 Å². The van der Waals surface area contributed by atoms with Gasteiger partial charge in [-0.25, -0.2) is 0 Å². The number of ketones is 1. The number of Topliss-reactive ketones (excluding diaryl/α,β-unsaturated/α-hetero) is 1. The highest BCUT2D eigenvalue weighted by atomic mass is 16.6. The maximum absolute atomic E-state index is 12.4. The Bertz CT molecular complexity index is 913. The van der Waals surface area contributed by atoms with Gasteiger partial charge in [0.1, 0.15) is 11.4 Å². The minimum atomic E-state index is -1.29. The van der Waals surface area contributed by atoms with Gasteiger partial charge in [-0.15, -0.1) is 0 Å². The fourth-order valence-electron chi connectivity index (χ4n) is 2.92. The van der Waals surface area contributed by atoms with Crippen LogP contribution in [0.15, 0.2) is 60.7 Å². The molecule has 0 saturated carbocycles. The van der Waals surface area contributed by atoms with Crippen LogP contribution in [0.1, 0.15) is 41.8 Å². The lowest BCUT2D eigenvalue weighted by molar-refractivity contribution is -0.504. The van der Waals surface area contributed by atoms with E-state index in [1.807, 2.05) is 44.2 Å². The van der Waals surface area contributed by atoms with E-state index in [0.717, 1.165) is 16.9 Å². The Labute approximate surface area is 158 Å². The Morgan fingerprint density at radius 2 is 1.96 bits per heavy atom. The summed E-state index contributed by atoms with van der Waals surface area (Å²) in [5, 5.41) is 11.3. The molecule has 0 spiro atoms. The van der Waals surface area contributed by atoms with Crippen LogP contribution in [-0.4, -0.2) is 22.3 Å². The number of hydrogen-bond donors (Lipinski definition) is 0. The minimum Gasteiger partial charge on any atom is -0.483 e. The maximum atomic E-state index is 12.4. The summed E-state index contributed by atoms with van der Waals surface area (Å²) in [5.74, 6) is 0.330. The molecule has 0 amide bonds. The fourth-order valence-corrected chi connectivity index (χ4v) is 2.92. The number of nitrogens with zero attached hydrogens (tertiary/aromatic N) is 1. The van der Waals surface area contributed by atoms with Gasteiger partial charge in [0.25, 0.3) is 6.04 Å². The number of nitro groups is 1. The van der Waals surface area contributed by atoms with Crippen LogP contribution in [0.3, 0.4) is 0 Å². The summed E-state index contributed by atoms with van der Waals surface area (Å²) in [7, 11) is 0. The highest BCUT2D eigenvalue weighted by molar-refractivity contribution is 5.99. The second-order valence-corrected chi connectivity index (χ2v) is 7.01. The van der Waals surface area contributed by atoms with E-state index in [1.54, 1.807) is 42.5 Å². The number of fused-ring (bicyclic) bond motifs is 1. The van der Waals surface area contributed by atoms with Gasteiger partial charge in [-0.05, 0) is 37.6 Å². The zero-order valence-electron chi connectivity index (χ0n) is 15.3. The van der Waals surface area contributed by atoms with Crippen molar-refractivity contribution in [3.05, 3.63) is 87.5 Å². The van der Waals surface area contributed by atoms with Gasteiger partial charge in [0.2, 0.25) is 5.78 Å². The van der Waals surface area contributed by atoms with Crippen molar-refractivity contribution in [2.24, 2.45) is 0 Å². The summed E-state index contributed by atoms with van der Waals surface area (Å²) in [4.78, 5) is 23.2. The predicted octanol–water partition coefficient (Wildman–Crippen LogP) is 4.80. The van der Waals surface area contributed by atoms with Crippen molar-refractivity contribution < 1.29 is 14.5 Å². The van der Waals surface area contributed by atoms with Gasteiger partial charge in [-0.2, -0.15) is 0 Å². The smallest absolute Gasteiger partial charge is 0.278 e. The standard InChI is InChI=1S/C22H21NO4/c1-22(2)14-13-18-15-16(11-12-20(18)27-22)7-6-10-19(23(25)26)21(24)17-8-4-3-5-9-17/h3-9,11-15,19H,10H2,1-2H3/b7-6+. The summed E-state index contributed by atoms with van der Waals surface area (Å²) in [6.07, 6.45) is 7.51. The van der Waals surface area contributed by atoms with E-state index in [9.17, 15) is 14.9 Å². The number of rotatable bonds is 6. The molecule has 27 heavy (non-hydrogen) atoms. The number of carbonyl (C=O) groups excluding carboxylic acids is 1. The van der Waals surface area contributed by atoms with Crippen LogP contribution >= 0.6 is 0 Å². The molecule has 0 bridgehead atoms. The zero-order chi connectivity index (χ0) is 19.4. The number of benzene rings is 2. The van der Waals surface area contributed by atoms with Crippen molar-refractivity contribution in [2.75, 3.05) is 0 Å². The van der Waals surface area contributed by atoms with Crippen molar-refractivity contribution in [1.29, 1.82) is 0 Å². The van der Waals surface area contributed by atoms with Gasteiger partial charge in [0, 0.05) is 22.5 Å². The van der Waals surface area contributed by atoms with Crippen LogP contribution in [0.4, 0.5) is 0 Å². The number of hydrogen-bond acceptors (Lipinski definition) is 4. The molecule has 1 aliphatic heterocycles. The van der Waals surface area contributed by atoms with Crippen molar-refractivity contribution in [3.8, 4) is 5.75 Å². The van der Waals surface area contributed by atoms with E-state index >= 15 is 0 Å². The quantitative estimate of drug-likeness (QED) is 0.420. The molecule has 1 atom stereocenters. The summed E-state index contributed by atoms with van der Waals surface area (Å²) < 4.78 is 5.88. The zero-order valence-corrected chi connectivity index (χ0v) is 15.3. The van der Waals surface area contributed by atoms with Crippen LogP contribution in [0, 0.1) is 10.1 Å². The Kier molecular flexibility index (Phi) is 5.21. The third-order valence-corrected chi connectivity index (χ3v) is 4.36. The summed E-state index contributed by atoms with van der Waals surface area (Å²) in [5.41, 5.74) is 1.88. The van der Waals surface area contributed by atoms with Crippen molar-refractivity contribution in [1.82, 2.24) is 0 Å². The molecule has 0 N–H and O–H groups in total. The molecular formula is C22H21NO4. The first-order chi connectivity index (χ1) is 12.9. The molecule has 5 nitrogen and oxygen atoms in total. The molecule has 1 heterocycles. The minimum absolute atomic E-state index is 0.0389. The SMILES string of the molecule is CC1(C)C=Cc2cc(/C=C/CC(C(=O)c3ccccc3)[N+](=O)[O-])ccc2O1. The molecule has 0 fully saturated rings.